The Morgan fingerprint density at radius 3 is 2.60 bits per heavy atom. The Labute approximate surface area is 68.6 Å². The number of hydrogen-bond acceptors (Lipinski definition) is 1. The SMILES string of the molecule is CCCCN(C)C(=S)NC. The van der Waals surface area contributed by atoms with Gasteiger partial charge in [0.15, 0.2) is 5.11 Å². The van der Waals surface area contributed by atoms with Crippen LogP contribution in [0.5, 0.6) is 0 Å². The molecule has 0 saturated heterocycles. The van der Waals surface area contributed by atoms with E-state index in [-0.39, 0.29) is 0 Å². The fraction of sp³-hybridized carbons (Fsp3) is 0.857. The average molecular weight is 160 g/mol. The highest BCUT2D eigenvalue weighted by Crippen LogP contribution is 1.91. The summed E-state index contributed by atoms with van der Waals surface area (Å²) in [6, 6.07) is 0. The van der Waals surface area contributed by atoms with Crippen LogP contribution in [-0.4, -0.2) is 30.7 Å². The first-order chi connectivity index (χ1) is 4.72. The Balaban J connectivity index is 3.41. The summed E-state index contributed by atoms with van der Waals surface area (Å²) in [5.41, 5.74) is 0. The van der Waals surface area contributed by atoms with Crippen molar-refractivity contribution in [2.75, 3.05) is 20.6 Å². The molecule has 0 aliphatic rings. The van der Waals surface area contributed by atoms with E-state index in [0.29, 0.717) is 0 Å². The number of unbranched alkanes of at least 4 members (excludes halogenated alkanes) is 1. The molecule has 0 heterocycles. The molecular weight excluding hydrogens is 144 g/mol. The number of rotatable bonds is 3. The second-order valence-corrected chi connectivity index (χ2v) is 2.72. The van der Waals surface area contributed by atoms with Gasteiger partial charge in [0.1, 0.15) is 0 Å². The van der Waals surface area contributed by atoms with Crippen LogP contribution in [-0.2, 0) is 0 Å². The monoisotopic (exact) mass is 160 g/mol. The van der Waals surface area contributed by atoms with Gasteiger partial charge in [0.05, 0.1) is 0 Å². The Morgan fingerprint density at radius 2 is 2.20 bits per heavy atom. The molecule has 0 fully saturated rings. The molecule has 0 atom stereocenters. The predicted octanol–water partition coefficient (Wildman–Crippen LogP) is 1.22. The van der Waals surface area contributed by atoms with Crippen LogP contribution < -0.4 is 5.32 Å². The molecule has 2 nitrogen and oxygen atoms in total. The summed E-state index contributed by atoms with van der Waals surface area (Å²) >= 11 is 5.01. The van der Waals surface area contributed by atoms with Gasteiger partial charge in [-0.2, -0.15) is 0 Å². The minimum Gasteiger partial charge on any atom is -0.366 e. The van der Waals surface area contributed by atoms with Gasteiger partial charge in [0.25, 0.3) is 0 Å². The molecule has 0 aromatic heterocycles. The number of hydrogen-bond donors (Lipinski definition) is 1. The van der Waals surface area contributed by atoms with Gasteiger partial charge < -0.3 is 10.2 Å². The molecule has 0 aromatic rings. The molecule has 0 spiro atoms. The molecule has 0 amide bonds. The van der Waals surface area contributed by atoms with E-state index in [1.807, 2.05) is 14.1 Å². The van der Waals surface area contributed by atoms with Crippen LogP contribution in [0, 0.1) is 0 Å². The van der Waals surface area contributed by atoms with Crippen LogP contribution in [0.4, 0.5) is 0 Å². The van der Waals surface area contributed by atoms with Crippen LogP contribution in [0.2, 0.25) is 0 Å². The lowest BCUT2D eigenvalue weighted by Crippen LogP contribution is -2.35. The Kier molecular flexibility index (Phi) is 5.30. The molecule has 0 rings (SSSR count). The lowest BCUT2D eigenvalue weighted by Gasteiger charge is -2.18. The molecule has 0 aromatic carbocycles. The minimum absolute atomic E-state index is 0.827. The Bertz CT molecular complexity index is 104. The smallest absolute Gasteiger partial charge is 0.168 e. The number of thiocarbonyl (C=S) groups is 1. The first kappa shape index (κ1) is 9.69. The minimum atomic E-state index is 0.827. The highest BCUT2D eigenvalue weighted by atomic mass is 32.1. The molecular formula is C7H16N2S. The van der Waals surface area contributed by atoms with Crippen LogP contribution >= 0.6 is 12.2 Å². The van der Waals surface area contributed by atoms with E-state index in [4.69, 9.17) is 12.2 Å². The van der Waals surface area contributed by atoms with Crippen molar-refractivity contribution < 1.29 is 0 Å². The molecule has 10 heavy (non-hydrogen) atoms. The van der Waals surface area contributed by atoms with Crippen molar-refractivity contribution in [3.05, 3.63) is 0 Å². The predicted molar refractivity (Wildman–Crippen MR) is 49.2 cm³/mol. The fourth-order valence-electron chi connectivity index (χ4n) is 0.688. The van der Waals surface area contributed by atoms with Crippen LogP contribution in [0.25, 0.3) is 0 Å². The first-order valence-electron chi connectivity index (χ1n) is 3.65. The van der Waals surface area contributed by atoms with Crippen molar-refractivity contribution in [3.63, 3.8) is 0 Å². The van der Waals surface area contributed by atoms with Gasteiger partial charge in [-0.15, -0.1) is 0 Å². The molecule has 60 valence electrons. The van der Waals surface area contributed by atoms with Gasteiger partial charge in [0.2, 0.25) is 0 Å². The van der Waals surface area contributed by atoms with Gasteiger partial charge in [0, 0.05) is 20.6 Å². The molecule has 0 aliphatic heterocycles. The molecule has 0 bridgehead atoms. The zero-order valence-corrected chi connectivity index (χ0v) is 7.79. The van der Waals surface area contributed by atoms with Crippen molar-refractivity contribution in [1.82, 2.24) is 10.2 Å². The van der Waals surface area contributed by atoms with E-state index >= 15 is 0 Å². The summed E-state index contributed by atoms with van der Waals surface area (Å²) < 4.78 is 0. The maximum atomic E-state index is 5.01. The third-order valence-electron chi connectivity index (χ3n) is 1.41. The summed E-state index contributed by atoms with van der Waals surface area (Å²) in [5.74, 6) is 0. The van der Waals surface area contributed by atoms with E-state index in [9.17, 15) is 0 Å². The third kappa shape index (κ3) is 3.67. The molecule has 0 aliphatic carbocycles. The first-order valence-corrected chi connectivity index (χ1v) is 4.06. The van der Waals surface area contributed by atoms with Gasteiger partial charge in [-0.1, -0.05) is 13.3 Å². The van der Waals surface area contributed by atoms with Crippen LogP contribution in [0.1, 0.15) is 19.8 Å². The zero-order chi connectivity index (χ0) is 7.98. The fourth-order valence-corrected chi connectivity index (χ4v) is 0.779. The highest BCUT2D eigenvalue weighted by Gasteiger charge is 1.98. The normalized spacial score (nSPS) is 9.10. The summed E-state index contributed by atoms with van der Waals surface area (Å²) in [6.45, 7) is 3.23. The summed E-state index contributed by atoms with van der Waals surface area (Å²) in [5, 5.41) is 3.76. The Hall–Kier alpha value is -0.310. The molecule has 3 heteroatoms. The van der Waals surface area contributed by atoms with E-state index in [1.54, 1.807) is 0 Å². The van der Waals surface area contributed by atoms with Crippen molar-refractivity contribution in [2.24, 2.45) is 0 Å². The number of nitrogens with one attached hydrogen (secondary N) is 1. The maximum Gasteiger partial charge on any atom is 0.168 e. The van der Waals surface area contributed by atoms with E-state index < -0.39 is 0 Å². The second kappa shape index (κ2) is 5.47. The van der Waals surface area contributed by atoms with Gasteiger partial charge in [-0.25, -0.2) is 0 Å². The molecule has 0 unspecified atom stereocenters. The summed E-state index contributed by atoms with van der Waals surface area (Å²) in [7, 11) is 3.86. The molecule has 1 N–H and O–H groups in total. The van der Waals surface area contributed by atoms with Crippen molar-refractivity contribution in [3.8, 4) is 0 Å². The second-order valence-electron chi connectivity index (χ2n) is 2.33. The zero-order valence-electron chi connectivity index (χ0n) is 6.98. The molecule has 0 saturated carbocycles. The van der Waals surface area contributed by atoms with Crippen LogP contribution in [0.3, 0.4) is 0 Å². The highest BCUT2D eigenvalue weighted by molar-refractivity contribution is 7.80. The standard InChI is InChI=1S/C7H16N2S/c1-4-5-6-9(3)7(10)8-2/h4-6H2,1-3H3,(H,8,10). The van der Waals surface area contributed by atoms with Gasteiger partial charge >= 0.3 is 0 Å². The summed E-state index contributed by atoms with van der Waals surface area (Å²) in [4.78, 5) is 2.05. The third-order valence-corrected chi connectivity index (χ3v) is 1.92. The Morgan fingerprint density at radius 1 is 1.60 bits per heavy atom. The van der Waals surface area contributed by atoms with Crippen molar-refractivity contribution >= 4 is 17.3 Å². The van der Waals surface area contributed by atoms with E-state index in [1.165, 1.54) is 12.8 Å². The quantitative estimate of drug-likeness (QED) is 0.625. The van der Waals surface area contributed by atoms with Gasteiger partial charge in [-0.3, -0.25) is 0 Å². The average Bonchev–Trinajstić information content (AvgIpc) is 1.98. The van der Waals surface area contributed by atoms with E-state index in [2.05, 4.69) is 17.1 Å². The maximum absolute atomic E-state index is 5.01. The molecule has 0 radical (unpaired) electrons. The lowest BCUT2D eigenvalue weighted by molar-refractivity contribution is 0.480. The number of nitrogens with zero attached hydrogens (tertiary/aromatic N) is 1. The van der Waals surface area contributed by atoms with E-state index in [0.717, 1.165) is 11.7 Å². The topological polar surface area (TPSA) is 15.3 Å². The van der Waals surface area contributed by atoms with Crippen LogP contribution in [0.15, 0.2) is 0 Å². The largest absolute Gasteiger partial charge is 0.366 e. The van der Waals surface area contributed by atoms with Crippen molar-refractivity contribution in [2.45, 2.75) is 19.8 Å². The van der Waals surface area contributed by atoms with Crippen molar-refractivity contribution in [1.29, 1.82) is 0 Å². The summed E-state index contributed by atoms with van der Waals surface area (Å²) in [6.07, 6.45) is 2.43. The lowest BCUT2D eigenvalue weighted by atomic mass is 10.3. The van der Waals surface area contributed by atoms with Gasteiger partial charge in [-0.05, 0) is 18.6 Å².